The summed E-state index contributed by atoms with van der Waals surface area (Å²) in [6.45, 7) is 5.89. The van der Waals surface area contributed by atoms with Crippen LogP contribution in [0.2, 0.25) is 0 Å². The van der Waals surface area contributed by atoms with Gasteiger partial charge in [-0.1, -0.05) is 20.8 Å². The second-order valence-corrected chi connectivity index (χ2v) is 6.44. The number of carboxylic acid groups (broad SMARTS) is 1. The maximum atomic E-state index is 11.9. The molecule has 4 heteroatoms. The van der Waals surface area contributed by atoms with Crippen LogP contribution in [0.1, 0.15) is 59.3 Å². The highest BCUT2D eigenvalue weighted by Crippen LogP contribution is 2.26. The Hall–Kier alpha value is -1.06. The highest BCUT2D eigenvalue weighted by molar-refractivity contribution is 5.78. The summed E-state index contributed by atoms with van der Waals surface area (Å²) < 4.78 is 0. The summed E-state index contributed by atoms with van der Waals surface area (Å²) in [6, 6.07) is 0.286. The van der Waals surface area contributed by atoms with Gasteiger partial charge in [0.05, 0.1) is 6.42 Å². The van der Waals surface area contributed by atoms with Crippen LogP contribution in [-0.4, -0.2) is 23.0 Å². The van der Waals surface area contributed by atoms with E-state index in [2.05, 4.69) is 12.2 Å². The van der Waals surface area contributed by atoms with Crippen LogP contribution in [-0.2, 0) is 9.59 Å². The maximum Gasteiger partial charge on any atom is 0.303 e. The lowest BCUT2D eigenvalue weighted by Gasteiger charge is -2.28. The van der Waals surface area contributed by atoms with Gasteiger partial charge in [0.25, 0.3) is 0 Å². The van der Waals surface area contributed by atoms with Crippen molar-refractivity contribution in [3.8, 4) is 0 Å². The van der Waals surface area contributed by atoms with Gasteiger partial charge in [-0.2, -0.15) is 0 Å². The molecule has 0 spiro atoms. The minimum Gasteiger partial charge on any atom is -0.481 e. The lowest BCUT2D eigenvalue weighted by atomic mass is 9.84. The van der Waals surface area contributed by atoms with Gasteiger partial charge in [-0.05, 0) is 37.0 Å². The second kappa shape index (κ2) is 6.21. The molecule has 1 amide bonds. The number of carbonyl (C=O) groups excluding carboxylic acids is 1. The van der Waals surface area contributed by atoms with E-state index in [0.717, 1.165) is 18.8 Å². The maximum absolute atomic E-state index is 11.9. The second-order valence-electron chi connectivity index (χ2n) is 6.44. The van der Waals surface area contributed by atoms with E-state index in [-0.39, 0.29) is 24.8 Å². The quantitative estimate of drug-likeness (QED) is 0.793. The minimum atomic E-state index is -0.848. The van der Waals surface area contributed by atoms with Crippen LogP contribution in [0.4, 0.5) is 0 Å². The Bertz CT molecular complexity index is 304. The Labute approximate surface area is 109 Å². The smallest absolute Gasteiger partial charge is 0.303 e. The largest absolute Gasteiger partial charge is 0.481 e. The summed E-state index contributed by atoms with van der Waals surface area (Å²) in [5.74, 6) is -0.0957. The first kappa shape index (κ1) is 15.0. The van der Waals surface area contributed by atoms with Crippen LogP contribution in [0.25, 0.3) is 0 Å². The first-order valence-corrected chi connectivity index (χ1v) is 6.80. The SMILES string of the molecule is CC1CCC(NC(=O)CC(C)(C)CC(=O)O)CC1. The van der Waals surface area contributed by atoms with Gasteiger partial charge in [0.15, 0.2) is 0 Å². The molecule has 0 radical (unpaired) electrons. The lowest BCUT2D eigenvalue weighted by molar-refractivity contribution is -0.139. The summed E-state index contributed by atoms with van der Waals surface area (Å²) in [4.78, 5) is 22.6. The van der Waals surface area contributed by atoms with Crippen LogP contribution in [0.15, 0.2) is 0 Å². The van der Waals surface area contributed by atoms with Crippen LogP contribution in [0.3, 0.4) is 0 Å². The third-order valence-corrected chi connectivity index (χ3v) is 3.65. The molecular formula is C14H25NO3. The molecular weight excluding hydrogens is 230 g/mol. The molecule has 0 bridgehead atoms. The van der Waals surface area contributed by atoms with Crippen molar-refractivity contribution >= 4 is 11.9 Å². The Balaban J connectivity index is 2.35. The molecule has 2 N–H and O–H groups in total. The molecule has 1 aliphatic carbocycles. The van der Waals surface area contributed by atoms with Crippen molar-refractivity contribution in [1.82, 2.24) is 5.32 Å². The Kier molecular flexibility index (Phi) is 5.17. The molecule has 1 rings (SSSR count). The monoisotopic (exact) mass is 255 g/mol. The van der Waals surface area contributed by atoms with Crippen LogP contribution < -0.4 is 5.32 Å². The van der Waals surface area contributed by atoms with Crippen molar-refractivity contribution in [1.29, 1.82) is 0 Å². The van der Waals surface area contributed by atoms with E-state index < -0.39 is 11.4 Å². The van der Waals surface area contributed by atoms with Crippen molar-refractivity contribution in [3.63, 3.8) is 0 Å². The van der Waals surface area contributed by atoms with E-state index >= 15 is 0 Å². The number of carboxylic acids is 1. The summed E-state index contributed by atoms with van der Waals surface area (Å²) in [7, 11) is 0. The molecule has 0 heterocycles. The third kappa shape index (κ3) is 5.52. The fourth-order valence-electron chi connectivity index (χ4n) is 2.59. The highest BCUT2D eigenvalue weighted by atomic mass is 16.4. The summed E-state index contributed by atoms with van der Waals surface area (Å²) in [5, 5.41) is 11.8. The van der Waals surface area contributed by atoms with Gasteiger partial charge in [0, 0.05) is 12.5 Å². The number of hydrogen-bond acceptors (Lipinski definition) is 2. The number of aliphatic carboxylic acids is 1. The third-order valence-electron chi connectivity index (χ3n) is 3.65. The summed E-state index contributed by atoms with van der Waals surface area (Å²) in [6.07, 6.45) is 4.75. The molecule has 4 nitrogen and oxygen atoms in total. The summed E-state index contributed by atoms with van der Waals surface area (Å²) in [5.41, 5.74) is -0.474. The average Bonchev–Trinajstić information content (AvgIpc) is 2.18. The van der Waals surface area contributed by atoms with Gasteiger partial charge in [-0.25, -0.2) is 0 Å². The molecule has 0 aromatic carbocycles. The fraction of sp³-hybridized carbons (Fsp3) is 0.857. The predicted octanol–water partition coefficient (Wildman–Crippen LogP) is 2.57. The first-order valence-electron chi connectivity index (χ1n) is 6.80. The van der Waals surface area contributed by atoms with E-state index in [4.69, 9.17) is 5.11 Å². The molecule has 1 aliphatic rings. The molecule has 1 fully saturated rings. The lowest BCUT2D eigenvalue weighted by Crippen LogP contribution is -2.39. The number of carbonyl (C=O) groups is 2. The predicted molar refractivity (Wildman–Crippen MR) is 70.2 cm³/mol. The Morgan fingerprint density at radius 3 is 2.22 bits per heavy atom. The van der Waals surface area contributed by atoms with Gasteiger partial charge in [0.1, 0.15) is 0 Å². The van der Waals surface area contributed by atoms with Crippen molar-refractivity contribution in [2.24, 2.45) is 11.3 Å². The van der Waals surface area contributed by atoms with Crippen LogP contribution in [0, 0.1) is 11.3 Å². The Morgan fingerprint density at radius 2 is 1.72 bits per heavy atom. The fourth-order valence-corrected chi connectivity index (χ4v) is 2.59. The van der Waals surface area contributed by atoms with E-state index in [1.807, 2.05) is 13.8 Å². The van der Waals surface area contributed by atoms with Gasteiger partial charge < -0.3 is 10.4 Å². The van der Waals surface area contributed by atoms with Crippen LogP contribution >= 0.6 is 0 Å². The Morgan fingerprint density at radius 1 is 1.17 bits per heavy atom. The van der Waals surface area contributed by atoms with Crippen molar-refractivity contribution < 1.29 is 14.7 Å². The van der Waals surface area contributed by atoms with Gasteiger partial charge >= 0.3 is 5.97 Å². The van der Waals surface area contributed by atoms with E-state index in [9.17, 15) is 9.59 Å². The van der Waals surface area contributed by atoms with E-state index in [1.165, 1.54) is 12.8 Å². The molecule has 0 atom stereocenters. The molecule has 0 unspecified atom stereocenters. The normalized spacial score (nSPS) is 24.6. The zero-order chi connectivity index (χ0) is 13.8. The number of rotatable bonds is 5. The molecule has 0 saturated heterocycles. The van der Waals surface area contributed by atoms with E-state index in [1.54, 1.807) is 0 Å². The van der Waals surface area contributed by atoms with Gasteiger partial charge in [-0.3, -0.25) is 9.59 Å². The zero-order valence-electron chi connectivity index (χ0n) is 11.7. The molecule has 1 saturated carbocycles. The van der Waals surface area contributed by atoms with Crippen molar-refractivity contribution in [2.45, 2.75) is 65.3 Å². The number of nitrogens with one attached hydrogen (secondary N) is 1. The first-order chi connectivity index (χ1) is 8.28. The van der Waals surface area contributed by atoms with Gasteiger partial charge in [0.2, 0.25) is 5.91 Å². The minimum absolute atomic E-state index is 0.0131. The summed E-state index contributed by atoms with van der Waals surface area (Å²) >= 11 is 0. The highest BCUT2D eigenvalue weighted by Gasteiger charge is 2.27. The molecule has 104 valence electrons. The molecule has 0 aromatic heterocycles. The standard InChI is InChI=1S/C14H25NO3/c1-10-4-6-11(7-5-10)15-12(16)8-14(2,3)9-13(17)18/h10-11H,4-9H2,1-3H3,(H,15,16)(H,17,18). The number of hydrogen-bond donors (Lipinski definition) is 2. The van der Waals surface area contributed by atoms with Crippen molar-refractivity contribution in [3.05, 3.63) is 0 Å². The van der Waals surface area contributed by atoms with E-state index in [0.29, 0.717) is 0 Å². The number of amides is 1. The van der Waals surface area contributed by atoms with Crippen molar-refractivity contribution in [2.75, 3.05) is 0 Å². The zero-order valence-corrected chi connectivity index (χ0v) is 11.7. The molecule has 0 aliphatic heterocycles. The van der Waals surface area contributed by atoms with Crippen LogP contribution in [0.5, 0.6) is 0 Å². The average molecular weight is 255 g/mol. The molecule has 0 aromatic rings. The van der Waals surface area contributed by atoms with Gasteiger partial charge in [-0.15, -0.1) is 0 Å². The molecule has 18 heavy (non-hydrogen) atoms. The topological polar surface area (TPSA) is 66.4 Å².